The normalized spacial score (nSPS) is 22.0. The SMILES string of the molecule is CCCCCNC(=O)CN1C(=O)N[C@@]2(CCCc3ccccc32)C1=O. The van der Waals surface area contributed by atoms with Crippen LogP contribution in [0.1, 0.15) is 50.2 Å². The lowest BCUT2D eigenvalue weighted by Gasteiger charge is -2.33. The van der Waals surface area contributed by atoms with Crippen molar-refractivity contribution in [1.29, 1.82) is 0 Å². The van der Waals surface area contributed by atoms with Crippen LogP contribution in [0, 0.1) is 0 Å². The summed E-state index contributed by atoms with van der Waals surface area (Å²) >= 11 is 0. The summed E-state index contributed by atoms with van der Waals surface area (Å²) in [6.07, 6.45) is 5.33. The number of hydrogen-bond donors (Lipinski definition) is 2. The van der Waals surface area contributed by atoms with Crippen LogP contribution in [0.5, 0.6) is 0 Å². The van der Waals surface area contributed by atoms with E-state index in [-0.39, 0.29) is 18.4 Å². The first kappa shape index (κ1) is 17.5. The summed E-state index contributed by atoms with van der Waals surface area (Å²) in [5, 5.41) is 5.65. The van der Waals surface area contributed by atoms with Gasteiger partial charge < -0.3 is 10.6 Å². The Hall–Kier alpha value is -2.37. The van der Waals surface area contributed by atoms with Crippen LogP contribution in [0.25, 0.3) is 0 Å². The maximum Gasteiger partial charge on any atom is 0.325 e. The summed E-state index contributed by atoms with van der Waals surface area (Å²) < 4.78 is 0. The van der Waals surface area contributed by atoms with Crippen LogP contribution in [0.2, 0.25) is 0 Å². The summed E-state index contributed by atoms with van der Waals surface area (Å²) in [6, 6.07) is 7.25. The van der Waals surface area contributed by atoms with Crippen LogP contribution in [-0.4, -0.2) is 35.8 Å². The minimum Gasteiger partial charge on any atom is -0.355 e. The molecule has 0 radical (unpaired) electrons. The van der Waals surface area contributed by atoms with E-state index in [4.69, 9.17) is 0 Å². The molecule has 6 heteroatoms. The third-order valence-corrected chi connectivity index (χ3v) is 5.05. The van der Waals surface area contributed by atoms with Gasteiger partial charge in [-0.2, -0.15) is 0 Å². The molecule has 6 nitrogen and oxygen atoms in total. The van der Waals surface area contributed by atoms with Crippen LogP contribution in [0.15, 0.2) is 24.3 Å². The molecule has 0 unspecified atom stereocenters. The largest absolute Gasteiger partial charge is 0.355 e. The molecular formula is C19H25N3O3. The number of benzene rings is 1. The zero-order valence-electron chi connectivity index (χ0n) is 14.6. The Morgan fingerprint density at radius 3 is 2.88 bits per heavy atom. The summed E-state index contributed by atoms with van der Waals surface area (Å²) in [5.41, 5.74) is 0.952. The molecule has 0 bridgehead atoms. The Morgan fingerprint density at radius 2 is 2.08 bits per heavy atom. The monoisotopic (exact) mass is 343 g/mol. The standard InChI is InChI=1S/C19H25N3O3/c1-2-3-6-12-20-16(23)13-22-17(24)19(21-18(22)25)11-7-9-14-8-4-5-10-15(14)19/h4-5,8,10H,2-3,6-7,9,11-13H2,1H3,(H,20,23)(H,21,25)/t19-/m1/s1. The predicted molar refractivity (Wildman–Crippen MR) is 93.8 cm³/mol. The van der Waals surface area contributed by atoms with Crippen molar-refractivity contribution in [2.75, 3.05) is 13.1 Å². The number of carbonyl (C=O) groups excluding carboxylic acids is 3. The number of fused-ring (bicyclic) bond motifs is 2. The van der Waals surface area contributed by atoms with Crippen molar-refractivity contribution in [3.05, 3.63) is 35.4 Å². The molecule has 2 aliphatic rings. The molecule has 1 spiro atoms. The van der Waals surface area contributed by atoms with Crippen molar-refractivity contribution in [3.8, 4) is 0 Å². The van der Waals surface area contributed by atoms with Gasteiger partial charge in [0.1, 0.15) is 12.1 Å². The average molecular weight is 343 g/mol. The first-order chi connectivity index (χ1) is 12.1. The van der Waals surface area contributed by atoms with E-state index in [1.807, 2.05) is 24.3 Å². The van der Waals surface area contributed by atoms with Gasteiger partial charge in [-0.15, -0.1) is 0 Å². The second-order valence-electron chi connectivity index (χ2n) is 6.79. The summed E-state index contributed by atoms with van der Waals surface area (Å²) in [6.45, 7) is 2.45. The first-order valence-electron chi connectivity index (χ1n) is 9.07. The van der Waals surface area contributed by atoms with Crippen molar-refractivity contribution < 1.29 is 14.4 Å². The average Bonchev–Trinajstić information content (AvgIpc) is 2.84. The predicted octanol–water partition coefficient (Wildman–Crippen LogP) is 2.08. The smallest absolute Gasteiger partial charge is 0.325 e. The fourth-order valence-corrected chi connectivity index (χ4v) is 3.76. The van der Waals surface area contributed by atoms with Crippen molar-refractivity contribution in [1.82, 2.24) is 15.5 Å². The van der Waals surface area contributed by atoms with Crippen LogP contribution >= 0.6 is 0 Å². The third kappa shape index (κ3) is 3.25. The minimum atomic E-state index is -1.01. The fourth-order valence-electron chi connectivity index (χ4n) is 3.76. The van der Waals surface area contributed by atoms with Crippen LogP contribution in [-0.2, 0) is 21.5 Å². The van der Waals surface area contributed by atoms with Crippen LogP contribution < -0.4 is 10.6 Å². The van der Waals surface area contributed by atoms with Gasteiger partial charge in [-0.1, -0.05) is 44.0 Å². The van der Waals surface area contributed by atoms with E-state index in [0.29, 0.717) is 13.0 Å². The maximum absolute atomic E-state index is 13.0. The lowest BCUT2D eigenvalue weighted by molar-refractivity contribution is -0.135. The fraction of sp³-hybridized carbons (Fsp3) is 0.526. The quantitative estimate of drug-likeness (QED) is 0.613. The van der Waals surface area contributed by atoms with Crippen molar-refractivity contribution in [2.45, 2.75) is 51.0 Å². The molecule has 1 atom stereocenters. The van der Waals surface area contributed by atoms with Crippen molar-refractivity contribution in [3.63, 3.8) is 0 Å². The molecule has 2 N–H and O–H groups in total. The molecule has 1 aromatic rings. The number of hydrogen-bond acceptors (Lipinski definition) is 3. The number of carbonyl (C=O) groups is 3. The first-order valence-corrected chi connectivity index (χ1v) is 9.07. The summed E-state index contributed by atoms with van der Waals surface area (Å²) in [5.74, 6) is -0.603. The Bertz CT molecular complexity index is 688. The van der Waals surface area contributed by atoms with E-state index in [1.54, 1.807) is 0 Å². The molecule has 1 fully saturated rings. The van der Waals surface area contributed by atoms with Gasteiger partial charge in [0.05, 0.1) is 0 Å². The highest BCUT2D eigenvalue weighted by Crippen LogP contribution is 2.39. The highest BCUT2D eigenvalue weighted by molar-refractivity contribution is 6.09. The molecule has 25 heavy (non-hydrogen) atoms. The van der Waals surface area contributed by atoms with Crippen molar-refractivity contribution >= 4 is 17.8 Å². The van der Waals surface area contributed by atoms with Crippen LogP contribution in [0.4, 0.5) is 4.79 Å². The van der Waals surface area contributed by atoms with E-state index < -0.39 is 11.6 Å². The number of aryl methyl sites for hydroxylation is 1. The van der Waals surface area contributed by atoms with Gasteiger partial charge in [-0.25, -0.2) is 4.79 Å². The molecule has 0 aromatic heterocycles. The summed E-state index contributed by atoms with van der Waals surface area (Å²) in [7, 11) is 0. The number of urea groups is 1. The van der Waals surface area contributed by atoms with Gasteiger partial charge in [0.15, 0.2) is 0 Å². The molecular weight excluding hydrogens is 318 g/mol. The van der Waals surface area contributed by atoms with E-state index in [1.165, 1.54) is 0 Å². The number of unbranched alkanes of at least 4 members (excludes halogenated alkanes) is 2. The minimum absolute atomic E-state index is 0.222. The van der Waals surface area contributed by atoms with Gasteiger partial charge in [0.2, 0.25) is 5.91 Å². The number of imide groups is 1. The van der Waals surface area contributed by atoms with Gasteiger partial charge in [-0.3, -0.25) is 14.5 Å². The van der Waals surface area contributed by atoms with Gasteiger partial charge in [0.25, 0.3) is 5.91 Å². The summed E-state index contributed by atoms with van der Waals surface area (Å²) in [4.78, 5) is 38.6. The Morgan fingerprint density at radius 1 is 1.28 bits per heavy atom. The molecule has 1 heterocycles. The van der Waals surface area contributed by atoms with Crippen LogP contribution in [0.3, 0.4) is 0 Å². The van der Waals surface area contributed by atoms with E-state index >= 15 is 0 Å². The van der Waals surface area contributed by atoms with E-state index in [0.717, 1.165) is 48.1 Å². The molecule has 1 aliphatic carbocycles. The maximum atomic E-state index is 13.0. The molecule has 1 aromatic carbocycles. The zero-order valence-corrected chi connectivity index (χ0v) is 14.6. The van der Waals surface area contributed by atoms with E-state index in [9.17, 15) is 14.4 Å². The lowest BCUT2D eigenvalue weighted by Crippen LogP contribution is -2.47. The molecule has 1 saturated heterocycles. The topological polar surface area (TPSA) is 78.5 Å². The third-order valence-electron chi connectivity index (χ3n) is 5.05. The Kier molecular flexibility index (Phi) is 5.06. The highest BCUT2D eigenvalue weighted by Gasteiger charge is 2.54. The molecule has 4 amide bonds. The Balaban J connectivity index is 1.72. The second kappa shape index (κ2) is 7.25. The molecule has 0 saturated carbocycles. The van der Waals surface area contributed by atoms with Crippen molar-refractivity contribution in [2.24, 2.45) is 0 Å². The lowest BCUT2D eigenvalue weighted by atomic mass is 9.76. The van der Waals surface area contributed by atoms with E-state index in [2.05, 4.69) is 17.6 Å². The highest BCUT2D eigenvalue weighted by atomic mass is 16.2. The second-order valence-corrected chi connectivity index (χ2v) is 6.79. The van der Waals surface area contributed by atoms with Gasteiger partial charge in [0, 0.05) is 6.54 Å². The molecule has 1 aliphatic heterocycles. The number of rotatable bonds is 6. The molecule has 134 valence electrons. The van der Waals surface area contributed by atoms with Gasteiger partial charge >= 0.3 is 6.03 Å². The Labute approximate surface area is 148 Å². The molecule has 3 rings (SSSR count). The number of nitrogens with zero attached hydrogens (tertiary/aromatic N) is 1. The number of nitrogens with one attached hydrogen (secondary N) is 2. The number of amides is 4. The zero-order chi connectivity index (χ0) is 17.9. The van der Waals surface area contributed by atoms with Gasteiger partial charge in [-0.05, 0) is 36.8 Å².